The molecule has 0 saturated carbocycles. The minimum absolute atomic E-state index is 0.141. The normalized spacial score (nSPS) is 11.2. The molecule has 3 nitrogen and oxygen atoms in total. The number of aryl methyl sites for hydroxylation is 1. The van der Waals surface area contributed by atoms with Gasteiger partial charge in [0.15, 0.2) is 0 Å². The number of carbonyl (C=O) groups is 1. The first kappa shape index (κ1) is 11.4. The van der Waals surface area contributed by atoms with Crippen molar-refractivity contribution in [3.05, 3.63) is 29.3 Å². The molecule has 82 valence electrons. The monoisotopic (exact) mass is 219 g/mol. The highest BCUT2D eigenvalue weighted by atomic mass is 19.4. The van der Waals surface area contributed by atoms with E-state index in [-0.39, 0.29) is 16.9 Å². The molecule has 1 amide bonds. The van der Waals surface area contributed by atoms with E-state index in [0.29, 0.717) is 0 Å². The van der Waals surface area contributed by atoms with Crippen molar-refractivity contribution in [3.8, 4) is 5.75 Å². The Morgan fingerprint density at radius 2 is 2.00 bits per heavy atom. The fourth-order valence-corrected chi connectivity index (χ4v) is 1.04. The Labute approximate surface area is 83.6 Å². The van der Waals surface area contributed by atoms with Crippen LogP contribution in [0.2, 0.25) is 0 Å². The average molecular weight is 219 g/mol. The van der Waals surface area contributed by atoms with E-state index < -0.39 is 12.3 Å². The van der Waals surface area contributed by atoms with Crippen LogP contribution in [0.15, 0.2) is 18.2 Å². The number of amides is 1. The zero-order valence-corrected chi connectivity index (χ0v) is 7.76. The summed E-state index contributed by atoms with van der Waals surface area (Å²) < 4.78 is 39.3. The molecule has 0 spiro atoms. The van der Waals surface area contributed by atoms with Gasteiger partial charge in [0, 0.05) is 5.56 Å². The second-order valence-electron chi connectivity index (χ2n) is 2.89. The zero-order chi connectivity index (χ0) is 11.6. The molecule has 0 atom stereocenters. The number of alkyl halides is 3. The van der Waals surface area contributed by atoms with Crippen molar-refractivity contribution in [2.45, 2.75) is 13.3 Å². The summed E-state index contributed by atoms with van der Waals surface area (Å²) in [5.74, 6) is -1.04. The molecule has 0 aliphatic rings. The van der Waals surface area contributed by atoms with Gasteiger partial charge in [0.25, 0.3) is 0 Å². The van der Waals surface area contributed by atoms with Crippen molar-refractivity contribution in [1.29, 1.82) is 0 Å². The molecule has 0 unspecified atom stereocenters. The van der Waals surface area contributed by atoms with Crippen LogP contribution in [-0.2, 0) is 0 Å². The lowest BCUT2D eigenvalue weighted by Crippen LogP contribution is -2.18. The molecule has 6 heteroatoms. The van der Waals surface area contributed by atoms with Gasteiger partial charge in [-0.25, -0.2) is 0 Å². The Kier molecular flexibility index (Phi) is 2.88. The third-order valence-corrected chi connectivity index (χ3v) is 1.69. The number of hydrogen-bond donors (Lipinski definition) is 1. The summed E-state index contributed by atoms with van der Waals surface area (Å²) in [5.41, 5.74) is 5.30. The molecule has 15 heavy (non-hydrogen) atoms. The standard InChI is InChI=1S/C9H8F3NO2/c1-5-4-6(8(13)14)2-3-7(5)15-9(10,11)12/h2-4H,1H3,(H2,13,14). The van der Waals surface area contributed by atoms with Crippen LogP contribution in [0.5, 0.6) is 5.75 Å². The lowest BCUT2D eigenvalue weighted by Gasteiger charge is -2.11. The maximum atomic E-state index is 11.9. The largest absolute Gasteiger partial charge is 0.573 e. The van der Waals surface area contributed by atoms with Gasteiger partial charge in [-0.3, -0.25) is 4.79 Å². The summed E-state index contributed by atoms with van der Waals surface area (Å²) in [6.07, 6.45) is -4.74. The van der Waals surface area contributed by atoms with Crippen LogP contribution in [0.4, 0.5) is 13.2 Å². The van der Waals surface area contributed by atoms with E-state index in [1.165, 1.54) is 19.1 Å². The first-order valence-electron chi connectivity index (χ1n) is 3.96. The molecule has 1 rings (SSSR count). The van der Waals surface area contributed by atoms with Crippen LogP contribution in [0, 0.1) is 6.92 Å². The third-order valence-electron chi connectivity index (χ3n) is 1.69. The molecule has 0 aliphatic carbocycles. The molecule has 0 heterocycles. The van der Waals surface area contributed by atoms with Crippen LogP contribution in [0.25, 0.3) is 0 Å². The van der Waals surface area contributed by atoms with E-state index in [1.807, 2.05) is 0 Å². The van der Waals surface area contributed by atoms with Gasteiger partial charge in [-0.15, -0.1) is 13.2 Å². The predicted octanol–water partition coefficient (Wildman–Crippen LogP) is 1.99. The van der Waals surface area contributed by atoms with Crippen molar-refractivity contribution < 1.29 is 22.7 Å². The number of ether oxygens (including phenoxy) is 1. The maximum Gasteiger partial charge on any atom is 0.573 e. The molecule has 0 saturated heterocycles. The van der Waals surface area contributed by atoms with Gasteiger partial charge in [-0.05, 0) is 30.7 Å². The highest BCUT2D eigenvalue weighted by Gasteiger charge is 2.31. The van der Waals surface area contributed by atoms with Crippen molar-refractivity contribution in [2.75, 3.05) is 0 Å². The molecule has 0 fully saturated rings. The van der Waals surface area contributed by atoms with Crippen LogP contribution in [0.1, 0.15) is 15.9 Å². The molecule has 0 bridgehead atoms. The SMILES string of the molecule is Cc1cc(C(N)=O)ccc1OC(F)(F)F. The first-order chi connectivity index (χ1) is 6.79. The lowest BCUT2D eigenvalue weighted by molar-refractivity contribution is -0.274. The topological polar surface area (TPSA) is 52.3 Å². The van der Waals surface area contributed by atoms with Gasteiger partial charge < -0.3 is 10.5 Å². The minimum Gasteiger partial charge on any atom is -0.406 e. The summed E-state index contributed by atoms with van der Waals surface area (Å²) in [6.45, 7) is 1.40. The van der Waals surface area contributed by atoms with Crippen LogP contribution < -0.4 is 10.5 Å². The average Bonchev–Trinajstić information content (AvgIpc) is 2.05. The fourth-order valence-electron chi connectivity index (χ4n) is 1.04. The summed E-state index contributed by atoms with van der Waals surface area (Å²) >= 11 is 0. The Morgan fingerprint density at radius 1 is 1.40 bits per heavy atom. The van der Waals surface area contributed by atoms with Crippen LogP contribution in [-0.4, -0.2) is 12.3 Å². The quantitative estimate of drug-likeness (QED) is 0.826. The number of benzene rings is 1. The fraction of sp³-hybridized carbons (Fsp3) is 0.222. The van der Waals surface area contributed by atoms with Crippen LogP contribution in [0.3, 0.4) is 0 Å². The highest BCUT2D eigenvalue weighted by Crippen LogP contribution is 2.26. The maximum absolute atomic E-state index is 11.9. The highest BCUT2D eigenvalue weighted by molar-refractivity contribution is 5.93. The van der Waals surface area contributed by atoms with Crippen LogP contribution >= 0.6 is 0 Å². The summed E-state index contributed by atoms with van der Waals surface area (Å²) in [6, 6.07) is 3.47. The Balaban J connectivity index is 2.99. The number of nitrogens with two attached hydrogens (primary N) is 1. The molecule has 1 aromatic carbocycles. The summed E-state index contributed by atoms with van der Waals surface area (Å²) in [4.78, 5) is 10.7. The van der Waals surface area contributed by atoms with E-state index in [9.17, 15) is 18.0 Å². The molecule has 1 aromatic rings. The first-order valence-corrected chi connectivity index (χ1v) is 3.96. The number of rotatable bonds is 2. The second kappa shape index (κ2) is 3.80. The van der Waals surface area contributed by atoms with Gasteiger partial charge in [0.1, 0.15) is 5.75 Å². The van der Waals surface area contributed by atoms with E-state index >= 15 is 0 Å². The molecular weight excluding hydrogens is 211 g/mol. The van der Waals surface area contributed by atoms with E-state index in [4.69, 9.17) is 5.73 Å². The molecule has 0 aliphatic heterocycles. The van der Waals surface area contributed by atoms with E-state index in [0.717, 1.165) is 6.07 Å². The zero-order valence-electron chi connectivity index (χ0n) is 7.76. The Hall–Kier alpha value is -1.72. The van der Waals surface area contributed by atoms with Crippen molar-refractivity contribution in [1.82, 2.24) is 0 Å². The smallest absolute Gasteiger partial charge is 0.406 e. The molecule has 0 radical (unpaired) electrons. The summed E-state index contributed by atoms with van der Waals surface area (Å²) in [7, 11) is 0. The van der Waals surface area contributed by atoms with Gasteiger partial charge in [0.2, 0.25) is 5.91 Å². The number of carbonyl (C=O) groups excluding carboxylic acids is 1. The lowest BCUT2D eigenvalue weighted by atomic mass is 10.1. The summed E-state index contributed by atoms with van der Waals surface area (Å²) in [5, 5.41) is 0. The third kappa shape index (κ3) is 3.16. The molecule has 2 N–H and O–H groups in total. The van der Waals surface area contributed by atoms with Gasteiger partial charge >= 0.3 is 6.36 Å². The van der Waals surface area contributed by atoms with Gasteiger partial charge in [-0.1, -0.05) is 0 Å². The number of hydrogen-bond acceptors (Lipinski definition) is 2. The predicted molar refractivity (Wildman–Crippen MR) is 46.4 cm³/mol. The van der Waals surface area contributed by atoms with Crippen molar-refractivity contribution in [3.63, 3.8) is 0 Å². The molecule has 0 aromatic heterocycles. The number of halogens is 3. The Morgan fingerprint density at radius 3 is 2.40 bits per heavy atom. The second-order valence-corrected chi connectivity index (χ2v) is 2.89. The van der Waals surface area contributed by atoms with Crippen molar-refractivity contribution >= 4 is 5.91 Å². The van der Waals surface area contributed by atoms with Crippen molar-refractivity contribution in [2.24, 2.45) is 5.73 Å². The molecular formula is C9H8F3NO2. The van der Waals surface area contributed by atoms with Gasteiger partial charge in [0.05, 0.1) is 0 Å². The van der Waals surface area contributed by atoms with Gasteiger partial charge in [-0.2, -0.15) is 0 Å². The number of primary amides is 1. The Bertz CT molecular complexity index is 387. The van der Waals surface area contributed by atoms with E-state index in [1.54, 1.807) is 0 Å². The van der Waals surface area contributed by atoms with E-state index in [2.05, 4.69) is 4.74 Å². The minimum atomic E-state index is -4.74.